The second-order valence-electron chi connectivity index (χ2n) is 8.54. The number of piperidine rings is 1. The monoisotopic (exact) mass is 494 g/mol. The highest BCUT2D eigenvalue weighted by Crippen LogP contribution is 2.32. The molecule has 1 aromatic heterocycles. The number of benzene rings is 2. The van der Waals surface area contributed by atoms with E-state index in [0.29, 0.717) is 55.4 Å². The molecule has 10 heteroatoms. The van der Waals surface area contributed by atoms with Crippen molar-refractivity contribution in [3.05, 3.63) is 69.7 Å². The fourth-order valence-corrected chi connectivity index (χ4v) is 4.76. The highest BCUT2D eigenvalue weighted by atomic mass is 32.1. The van der Waals surface area contributed by atoms with Crippen molar-refractivity contribution in [3.8, 4) is 5.75 Å². The molecule has 1 N–H and O–H groups in total. The molecule has 0 radical (unpaired) electrons. The van der Waals surface area contributed by atoms with Crippen LogP contribution < -0.4 is 10.1 Å². The van der Waals surface area contributed by atoms with Crippen LogP contribution in [0.15, 0.2) is 48.5 Å². The Morgan fingerprint density at radius 2 is 1.83 bits per heavy atom. The Labute approximate surface area is 207 Å². The molecule has 3 aromatic rings. The van der Waals surface area contributed by atoms with E-state index >= 15 is 0 Å². The second kappa shape index (κ2) is 10.1. The molecule has 2 saturated heterocycles. The van der Waals surface area contributed by atoms with Gasteiger partial charge in [-0.2, -0.15) is 0 Å². The lowest BCUT2D eigenvalue weighted by atomic mass is 10.0. The Bertz CT molecular complexity index is 1200. The van der Waals surface area contributed by atoms with Gasteiger partial charge in [-0.1, -0.05) is 35.1 Å². The van der Waals surface area contributed by atoms with Gasteiger partial charge in [0.2, 0.25) is 5.01 Å². The van der Waals surface area contributed by atoms with Crippen molar-refractivity contribution < 1.29 is 23.8 Å². The maximum absolute atomic E-state index is 13.0. The topological polar surface area (TPSA) is 103 Å². The van der Waals surface area contributed by atoms with Crippen LogP contribution in [0.2, 0.25) is 0 Å². The van der Waals surface area contributed by atoms with Gasteiger partial charge in [0.1, 0.15) is 12.4 Å². The van der Waals surface area contributed by atoms with E-state index < -0.39 is 5.79 Å². The molecule has 1 spiro atoms. The molecule has 2 fully saturated rings. The van der Waals surface area contributed by atoms with Crippen LogP contribution in [0.4, 0.5) is 5.69 Å². The van der Waals surface area contributed by atoms with Crippen molar-refractivity contribution in [1.29, 1.82) is 0 Å². The molecule has 2 aliphatic heterocycles. The van der Waals surface area contributed by atoms with E-state index in [1.165, 1.54) is 11.3 Å². The van der Waals surface area contributed by atoms with Crippen molar-refractivity contribution in [2.24, 2.45) is 0 Å². The maximum atomic E-state index is 13.0. The van der Waals surface area contributed by atoms with Crippen LogP contribution in [0, 0.1) is 6.92 Å². The van der Waals surface area contributed by atoms with E-state index in [1.54, 1.807) is 29.2 Å². The zero-order valence-electron chi connectivity index (χ0n) is 19.4. The zero-order valence-corrected chi connectivity index (χ0v) is 20.2. The Kier molecular flexibility index (Phi) is 6.76. The first-order chi connectivity index (χ1) is 17.0. The van der Waals surface area contributed by atoms with Gasteiger partial charge in [0.15, 0.2) is 10.8 Å². The van der Waals surface area contributed by atoms with E-state index in [2.05, 4.69) is 15.5 Å². The lowest BCUT2D eigenvalue weighted by Crippen LogP contribution is -2.47. The van der Waals surface area contributed by atoms with Crippen molar-refractivity contribution in [3.63, 3.8) is 0 Å². The predicted octanol–water partition coefficient (Wildman–Crippen LogP) is 3.66. The van der Waals surface area contributed by atoms with Crippen LogP contribution in [0.5, 0.6) is 5.75 Å². The number of hydrogen-bond acceptors (Lipinski definition) is 8. The minimum absolute atomic E-state index is 0.0830. The normalized spacial score (nSPS) is 16.9. The first kappa shape index (κ1) is 23.4. The van der Waals surface area contributed by atoms with Crippen molar-refractivity contribution >= 4 is 28.8 Å². The van der Waals surface area contributed by atoms with E-state index in [4.69, 9.17) is 14.2 Å². The molecule has 5 rings (SSSR count). The molecule has 9 nitrogen and oxygen atoms in total. The number of amides is 2. The van der Waals surface area contributed by atoms with Gasteiger partial charge in [0.25, 0.3) is 11.8 Å². The number of likely N-dealkylation sites (tertiary alicyclic amines) is 1. The minimum Gasteiger partial charge on any atom is -0.486 e. The first-order valence-electron chi connectivity index (χ1n) is 11.5. The summed E-state index contributed by atoms with van der Waals surface area (Å²) in [6, 6.07) is 14.6. The van der Waals surface area contributed by atoms with Gasteiger partial charge in [0, 0.05) is 37.2 Å². The van der Waals surface area contributed by atoms with Crippen LogP contribution in [0.3, 0.4) is 0 Å². The fraction of sp³-hybridized carbons (Fsp3) is 0.360. The highest BCUT2D eigenvalue weighted by molar-refractivity contribution is 7.13. The van der Waals surface area contributed by atoms with Gasteiger partial charge in [-0.05, 0) is 37.3 Å². The number of nitrogens with one attached hydrogen (secondary N) is 1. The number of ether oxygens (including phenoxy) is 3. The summed E-state index contributed by atoms with van der Waals surface area (Å²) in [4.78, 5) is 27.5. The number of rotatable bonds is 6. The largest absolute Gasteiger partial charge is 0.486 e. The number of carbonyl (C=O) groups is 2. The molecule has 0 aliphatic carbocycles. The molecule has 2 amide bonds. The van der Waals surface area contributed by atoms with Crippen LogP contribution in [-0.4, -0.2) is 59.0 Å². The molecule has 0 saturated carbocycles. The average Bonchev–Trinajstić information content (AvgIpc) is 3.54. The smallest absolute Gasteiger partial charge is 0.286 e. The van der Waals surface area contributed by atoms with Gasteiger partial charge in [-0.25, -0.2) is 0 Å². The number of aryl methyl sites for hydroxylation is 1. The van der Waals surface area contributed by atoms with Crippen LogP contribution in [-0.2, 0) is 16.1 Å². The third-order valence-corrected chi connectivity index (χ3v) is 6.93. The number of aromatic nitrogens is 2. The molecule has 3 heterocycles. The third-order valence-electron chi connectivity index (χ3n) is 6.04. The molecule has 0 atom stereocenters. The lowest BCUT2D eigenvalue weighted by molar-refractivity contribution is -0.181. The van der Waals surface area contributed by atoms with Gasteiger partial charge in [-0.3, -0.25) is 9.59 Å². The number of anilines is 1. The fourth-order valence-electron chi connectivity index (χ4n) is 4.12. The van der Waals surface area contributed by atoms with Crippen LogP contribution in [0.1, 0.15) is 43.6 Å². The van der Waals surface area contributed by atoms with Gasteiger partial charge < -0.3 is 24.4 Å². The molecular formula is C25H26N4O5S. The Balaban J connectivity index is 1.17. The molecule has 35 heavy (non-hydrogen) atoms. The van der Waals surface area contributed by atoms with Crippen LogP contribution in [0.25, 0.3) is 0 Å². The standard InChI is InChI=1S/C25H26N4O5S/c1-17-5-7-20(8-6-17)32-16-21-27-28-23(35-21)22(30)26-19-4-2-3-18(15-19)24(31)29-11-9-25(10-12-29)33-13-14-34-25/h2-8,15H,9-14,16H2,1H3,(H,26,30). The third kappa shape index (κ3) is 5.50. The van der Waals surface area contributed by atoms with Crippen molar-refractivity contribution in [1.82, 2.24) is 15.1 Å². The summed E-state index contributed by atoms with van der Waals surface area (Å²) in [6.45, 7) is 4.57. The molecular weight excluding hydrogens is 468 g/mol. The minimum atomic E-state index is -0.529. The Morgan fingerprint density at radius 1 is 1.09 bits per heavy atom. The molecule has 2 aromatic carbocycles. The average molecular weight is 495 g/mol. The van der Waals surface area contributed by atoms with Gasteiger partial charge >= 0.3 is 0 Å². The van der Waals surface area contributed by atoms with Crippen LogP contribution >= 0.6 is 11.3 Å². The number of carbonyl (C=O) groups excluding carboxylic acids is 2. The number of nitrogens with zero attached hydrogens (tertiary/aromatic N) is 3. The van der Waals surface area contributed by atoms with Crippen molar-refractivity contribution in [2.75, 3.05) is 31.6 Å². The summed E-state index contributed by atoms with van der Waals surface area (Å²) in [7, 11) is 0. The zero-order chi connectivity index (χ0) is 24.3. The van der Waals surface area contributed by atoms with Crippen molar-refractivity contribution in [2.45, 2.75) is 32.2 Å². The summed E-state index contributed by atoms with van der Waals surface area (Å²) >= 11 is 1.17. The Morgan fingerprint density at radius 3 is 2.57 bits per heavy atom. The summed E-state index contributed by atoms with van der Waals surface area (Å²) in [5.74, 6) is -0.270. The maximum Gasteiger partial charge on any atom is 0.286 e. The van der Waals surface area contributed by atoms with E-state index in [1.807, 2.05) is 31.2 Å². The van der Waals surface area contributed by atoms with Gasteiger partial charge in [-0.15, -0.1) is 10.2 Å². The second-order valence-corrected chi connectivity index (χ2v) is 9.60. The van der Waals surface area contributed by atoms with E-state index in [0.717, 1.165) is 11.3 Å². The summed E-state index contributed by atoms with van der Waals surface area (Å²) in [5.41, 5.74) is 2.18. The number of hydrogen-bond donors (Lipinski definition) is 1. The predicted molar refractivity (Wildman–Crippen MR) is 130 cm³/mol. The first-order valence-corrected chi connectivity index (χ1v) is 12.3. The summed E-state index contributed by atoms with van der Waals surface area (Å²) in [6.07, 6.45) is 1.31. The summed E-state index contributed by atoms with van der Waals surface area (Å²) in [5, 5.41) is 11.7. The highest BCUT2D eigenvalue weighted by Gasteiger charge is 2.40. The SMILES string of the molecule is Cc1ccc(OCc2nnc(C(=O)Nc3cccc(C(=O)N4CCC5(CC4)OCCO5)c3)s2)cc1. The summed E-state index contributed by atoms with van der Waals surface area (Å²) < 4.78 is 17.2. The lowest BCUT2D eigenvalue weighted by Gasteiger charge is -2.37. The molecule has 182 valence electrons. The molecule has 0 unspecified atom stereocenters. The quantitative estimate of drug-likeness (QED) is 0.558. The van der Waals surface area contributed by atoms with E-state index in [9.17, 15) is 9.59 Å². The molecule has 2 aliphatic rings. The van der Waals surface area contributed by atoms with E-state index in [-0.39, 0.29) is 23.4 Å². The van der Waals surface area contributed by atoms with Gasteiger partial charge in [0.05, 0.1) is 13.2 Å². The Hall–Kier alpha value is -3.34. The molecule has 0 bridgehead atoms.